The predicted molar refractivity (Wildman–Crippen MR) is 172 cm³/mol. The van der Waals surface area contributed by atoms with Crippen molar-refractivity contribution in [2.45, 2.75) is 68.6 Å². The molecule has 8 nitrogen and oxygen atoms in total. The van der Waals surface area contributed by atoms with Gasteiger partial charge >= 0.3 is 0 Å². The summed E-state index contributed by atoms with van der Waals surface area (Å²) in [5.41, 5.74) is 3.27. The molecule has 44 heavy (non-hydrogen) atoms. The Hall–Kier alpha value is -2.59. The first kappa shape index (κ1) is 31.4. The van der Waals surface area contributed by atoms with Crippen LogP contribution in [0, 0.1) is 17.8 Å². The quantitative estimate of drug-likeness (QED) is 0.440. The number of ether oxygens (including phenoxy) is 2. The third kappa shape index (κ3) is 6.26. The molecule has 1 spiro atoms. The molecule has 2 heterocycles. The highest BCUT2D eigenvalue weighted by atomic mass is 35.5. The van der Waals surface area contributed by atoms with Crippen LogP contribution in [0.4, 0.5) is 5.69 Å². The molecule has 0 aromatic heterocycles. The Morgan fingerprint density at radius 2 is 2.02 bits per heavy atom. The standard InChI is InChI=1S/C34H43ClN2O6S/c1-22-5-11-31(38)28-9-6-25(28)19-37-20-34(14-3-4-23-17-26(35)8-10-29(23)34)21-43-32-12-7-24(18-30(32)37)33(39)36-44(40,41)27(16-22)13-15-42-2/h5,7-8,10-12,17-18,22,25,27-28,31,38H,3-4,6,9,13-16,19-21H2,1-2H3,(H,36,39)/b11-5+/t22-,25?,27-,28?,31?,34+/m1/s1. The Morgan fingerprint density at radius 1 is 1.18 bits per heavy atom. The van der Waals surface area contributed by atoms with Crippen molar-refractivity contribution in [3.05, 3.63) is 70.3 Å². The highest BCUT2D eigenvalue weighted by molar-refractivity contribution is 7.90. The minimum Gasteiger partial charge on any atom is -0.490 e. The molecule has 2 aromatic carbocycles. The molecular formula is C34H43ClN2O6S. The summed E-state index contributed by atoms with van der Waals surface area (Å²) in [5.74, 6) is 0.275. The number of aryl methyl sites for hydroxylation is 1. The molecule has 1 amide bonds. The SMILES string of the molecule is COCC[C@@H]1C[C@H](C)/C=C/C(O)C2CCC2CN2C[C@@]3(CCCc4cc(Cl)ccc43)COc3ccc(cc32)C(=O)NS1(=O)=O. The first-order valence-corrected chi connectivity index (χ1v) is 17.7. The Labute approximate surface area is 265 Å². The molecule has 0 radical (unpaired) electrons. The Kier molecular flexibility index (Phi) is 9.03. The summed E-state index contributed by atoms with van der Waals surface area (Å²) in [5, 5.41) is 11.2. The molecular weight excluding hydrogens is 600 g/mol. The summed E-state index contributed by atoms with van der Waals surface area (Å²) >= 11 is 6.40. The van der Waals surface area contributed by atoms with Gasteiger partial charge in [-0.15, -0.1) is 0 Å². The summed E-state index contributed by atoms with van der Waals surface area (Å²) in [6.45, 7) is 4.07. The maximum atomic E-state index is 13.5. The number of nitrogens with one attached hydrogen (secondary N) is 1. The number of carbonyl (C=O) groups is 1. The van der Waals surface area contributed by atoms with Gasteiger partial charge in [0.25, 0.3) is 5.91 Å². The molecule has 3 unspecified atom stereocenters. The number of methoxy groups -OCH3 is 1. The Morgan fingerprint density at radius 3 is 2.80 bits per heavy atom. The van der Waals surface area contributed by atoms with E-state index in [9.17, 15) is 18.3 Å². The number of halogens is 1. The first-order chi connectivity index (χ1) is 21.1. The monoisotopic (exact) mass is 642 g/mol. The van der Waals surface area contributed by atoms with Gasteiger partial charge in [-0.1, -0.05) is 36.7 Å². The molecule has 6 atom stereocenters. The normalized spacial score (nSPS) is 32.3. The summed E-state index contributed by atoms with van der Waals surface area (Å²) in [6.07, 6.45) is 8.59. The van der Waals surface area contributed by atoms with Crippen LogP contribution in [-0.4, -0.2) is 64.2 Å². The molecule has 6 rings (SSSR count). The van der Waals surface area contributed by atoms with Crippen LogP contribution in [0.25, 0.3) is 0 Å². The number of anilines is 1. The van der Waals surface area contributed by atoms with Crippen molar-refractivity contribution in [1.29, 1.82) is 0 Å². The Bertz CT molecular complexity index is 1530. The van der Waals surface area contributed by atoms with Crippen molar-refractivity contribution < 1.29 is 27.8 Å². The van der Waals surface area contributed by atoms with Crippen molar-refractivity contribution in [2.24, 2.45) is 17.8 Å². The second-order valence-corrected chi connectivity index (χ2v) is 15.7. The summed E-state index contributed by atoms with van der Waals surface area (Å²) in [6, 6.07) is 11.4. The number of aliphatic hydroxyl groups excluding tert-OH is 1. The topological polar surface area (TPSA) is 105 Å². The molecule has 10 heteroatoms. The number of rotatable bonds is 3. The maximum absolute atomic E-state index is 13.5. The fraction of sp³-hybridized carbons (Fsp3) is 0.559. The van der Waals surface area contributed by atoms with E-state index >= 15 is 0 Å². The second-order valence-electron chi connectivity index (χ2n) is 13.3. The molecule has 2 N–H and O–H groups in total. The van der Waals surface area contributed by atoms with Crippen LogP contribution in [0.15, 0.2) is 48.6 Å². The lowest BCUT2D eigenvalue weighted by Crippen LogP contribution is -2.49. The molecule has 0 saturated heterocycles. The van der Waals surface area contributed by atoms with Crippen molar-refractivity contribution in [1.82, 2.24) is 4.72 Å². The number of hydrogen-bond donors (Lipinski definition) is 2. The van der Waals surface area contributed by atoms with E-state index in [1.165, 1.54) is 18.2 Å². The maximum Gasteiger partial charge on any atom is 0.264 e. The highest BCUT2D eigenvalue weighted by Crippen LogP contribution is 2.46. The van der Waals surface area contributed by atoms with Crippen LogP contribution in [0.1, 0.15) is 66.9 Å². The average Bonchev–Trinajstić information content (AvgIpc) is 3.12. The van der Waals surface area contributed by atoms with Crippen LogP contribution >= 0.6 is 11.6 Å². The molecule has 2 aliphatic carbocycles. The zero-order valence-electron chi connectivity index (χ0n) is 25.5. The molecule has 238 valence electrons. The van der Waals surface area contributed by atoms with Crippen molar-refractivity contribution >= 4 is 33.2 Å². The molecule has 1 fully saturated rings. The van der Waals surface area contributed by atoms with Crippen molar-refractivity contribution in [3.8, 4) is 5.75 Å². The van der Waals surface area contributed by atoms with Crippen LogP contribution in [0.2, 0.25) is 5.02 Å². The number of amides is 1. The van der Waals surface area contributed by atoms with Gasteiger partial charge < -0.3 is 19.5 Å². The number of benzene rings is 2. The number of fused-ring (bicyclic) bond motifs is 4. The number of aliphatic hydroxyl groups is 1. The summed E-state index contributed by atoms with van der Waals surface area (Å²) in [4.78, 5) is 15.8. The number of allylic oxidation sites excluding steroid dienone is 1. The van der Waals surface area contributed by atoms with E-state index in [1.54, 1.807) is 18.2 Å². The summed E-state index contributed by atoms with van der Waals surface area (Å²) < 4.78 is 41.1. The van der Waals surface area contributed by atoms with Crippen LogP contribution < -0.4 is 14.4 Å². The lowest BCUT2D eigenvalue weighted by Gasteiger charge is -2.45. The molecule has 2 bridgehead atoms. The fourth-order valence-electron chi connectivity index (χ4n) is 7.67. The molecule has 1 saturated carbocycles. The van der Waals surface area contributed by atoms with Gasteiger partial charge in [-0.3, -0.25) is 4.79 Å². The molecule has 2 aliphatic heterocycles. The lowest BCUT2D eigenvalue weighted by atomic mass is 9.68. The van der Waals surface area contributed by atoms with Gasteiger partial charge in [0.05, 0.1) is 23.6 Å². The van der Waals surface area contributed by atoms with Crippen LogP contribution in [-0.2, 0) is 26.6 Å². The van der Waals surface area contributed by atoms with Gasteiger partial charge in [-0.05, 0) is 104 Å². The van der Waals surface area contributed by atoms with Gasteiger partial charge in [0.1, 0.15) is 5.75 Å². The summed E-state index contributed by atoms with van der Waals surface area (Å²) in [7, 11) is -2.48. The van der Waals surface area contributed by atoms with Crippen LogP contribution in [0.5, 0.6) is 5.75 Å². The Balaban J connectivity index is 1.41. The number of sulfonamides is 1. The average molecular weight is 643 g/mol. The van der Waals surface area contributed by atoms with E-state index < -0.39 is 27.3 Å². The number of hydrogen-bond acceptors (Lipinski definition) is 7. The van der Waals surface area contributed by atoms with Crippen molar-refractivity contribution in [2.75, 3.05) is 38.3 Å². The van der Waals surface area contributed by atoms with E-state index in [0.717, 1.165) is 42.8 Å². The highest BCUT2D eigenvalue weighted by Gasteiger charge is 2.44. The van der Waals surface area contributed by atoms with Gasteiger partial charge in [0.15, 0.2) is 0 Å². The zero-order chi connectivity index (χ0) is 31.1. The van der Waals surface area contributed by atoms with Gasteiger partial charge in [0.2, 0.25) is 10.0 Å². The van der Waals surface area contributed by atoms with Gasteiger partial charge in [-0.2, -0.15) is 0 Å². The fourth-order valence-corrected chi connectivity index (χ4v) is 9.37. The smallest absolute Gasteiger partial charge is 0.264 e. The number of carbonyl (C=O) groups excluding carboxylic acids is 1. The lowest BCUT2D eigenvalue weighted by molar-refractivity contribution is 0.0454. The van der Waals surface area contributed by atoms with Gasteiger partial charge in [0, 0.05) is 42.8 Å². The largest absolute Gasteiger partial charge is 0.490 e. The minimum absolute atomic E-state index is 0.104. The number of nitrogens with zero attached hydrogens (tertiary/aromatic N) is 1. The van der Waals surface area contributed by atoms with E-state index in [0.29, 0.717) is 31.9 Å². The van der Waals surface area contributed by atoms with E-state index in [1.807, 2.05) is 25.1 Å². The first-order valence-electron chi connectivity index (χ1n) is 15.8. The predicted octanol–water partition coefficient (Wildman–Crippen LogP) is 5.26. The van der Waals surface area contributed by atoms with E-state index in [2.05, 4.69) is 21.8 Å². The third-order valence-corrected chi connectivity index (χ3v) is 12.3. The van der Waals surface area contributed by atoms with Crippen molar-refractivity contribution in [3.63, 3.8) is 0 Å². The van der Waals surface area contributed by atoms with Crippen LogP contribution in [0.3, 0.4) is 0 Å². The third-order valence-electron chi connectivity index (χ3n) is 10.3. The van der Waals surface area contributed by atoms with E-state index in [4.69, 9.17) is 21.1 Å². The molecule has 2 aromatic rings. The minimum atomic E-state index is -4.01. The zero-order valence-corrected chi connectivity index (χ0v) is 27.1. The molecule has 4 aliphatic rings. The van der Waals surface area contributed by atoms with Gasteiger partial charge in [-0.25, -0.2) is 13.1 Å². The second kappa shape index (κ2) is 12.7. The van der Waals surface area contributed by atoms with E-state index in [-0.39, 0.29) is 41.8 Å².